The van der Waals surface area contributed by atoms with Crippen molar-refractivity contribution >= 4 is 96.9 Å². The SMILES string of the molecule is Bc1c(Cl)c(C(B)(B)B)c(B)c(Cl)c1C(B)(B)B. The van der Waals surface area contributed by atoms with Gasteiger partial charge in [0.1, 0.15) is 15.7 Å². The minimum absolute atomic E-state index is 0.00593. The van der Waals surface area contributed by atoms with Crippen LogP contribution in [0.15, 0.2) is 0 Å². The summed E-state index contributed by atoms with van der Waals surface area (Å²) < 4.78 is 0. The summed E-state index contributed by atoms with van der Waals surface area (Å²) in [5.41, 5.74) is 4.56. The van der Waals surface area contributed by atoms with E-state index in [9.17, 15) is 0 Å². The third-order valence-corrected chi connectivity index (χ3v) is 4.29. The molecule has 10 heteroatoms. The average Bonchev–Trinajstić information content (AvgIpc) is 2.10. The molecule has 0 nitrogen and oxygen atoms in total. The van der Waals surface area contributed by atoms with E-state index in [1.807, 2.05) is 0 Å². The summed E-state index contributed by atoms with van der Waals surface area (Å²) in [5.74, 6) is 0. The van der Waals surface area contributed by atoms with Crippen molar-refractivity contribution in [2.24, 2.45) is 0 Å². The Labute approximate surface area is 128 Å². The number of halogens is 2. The zero-order chi connectivity index (χ0) is 14.5. The van der Waals surface area contributed by atoms with E-state index >= 15 is 0 Å². The van der Waals surface area contributed by atoms with Crippen LogP contribution in [0, 0.1) is 0 Å². The lowest BCUT2D eigenvalue weighted by Crippen LogP contribution is -2.42. The molecule has 0 radical (unpaired) electrons. The molecule has 0 amide bonds. The van der Waals surface area contributed by atoms with E-state index in [1.165, 1.54) is 11.1 Å². The van der Waals surface area contributed by atoms with Crippen molar-refractivity contribution in [1.82, 2.24) is 0 Å². The largest absolute Gasteiger partial charge is 0.141 e. The molecule has 0 aliphatic rings. The van der Waals surface area contributed by atoms with Gasteiger partial charge in [0.2, 0.25) is 0 Å². The summed E-state index contributed by atoms with van der Waals surface area (Å²) in [4.78, 5) is 0. The van der Waals surface area contributed by atoms with Crippen molar-refractivity contribution in [1.29, 1.82) is 0 Å². The maximum atomic E-state index is 6.61. The third kappa shape index (κ3) is 2.90. The molecule has 1 aromatic rings. The maximum absolute atomic E-state index is 6.61. The van der Waals surface area contributed by atoms with E-state index in [0.29, 0.717) is 0 Å². The van der Waals surface area contributed by atoms with E-state index in [0.717, 1.165) is 21.0 Å². The molecule has 86 valence electrons. The molecular formula is C8H16B8Cl2. The summed E-state index contributed by atoms with van der Waals surface area (Å²) in [6.45, 7) is 0. The number of rotatable bonds is 2. The van der Waals surface area contributed by atoms with Crippen molar-refractivity contribution in [2.45, 2.75) is 10.2 Å². The van der Waals surface area contributed by atoms with E-state index in [-0.39, 0.29) is 10.2 Å². The fourth-order valence-corrected chi connectivity index (χ4v) is 3.75. The van der Waals surface area contributed by atoms with Crippen LogP contribution >= 0.6 is 23.2 Å². The highest BCUT2D eigenvalue weighted by atomic mass is 35.5. The molecule has 0 bridgehead atoms. The van der Waals surface area contributed by atoms with Crippen molar-refractivity contribution in [3.63, 3.8) is 0 Å². The molecule has 0 spiro atoms. The van der Waals surface area contributed by atoms with Crippen LogP contribution in [0.2, 0.25) is 10.0 Å². The number of hydrogen-bond acceptors (Lipinski definition) is 0. The van der Waals surface area contributed by atoms with Gasteiger partial charge in [0.15, 0.2) is 0 Å². The Morgan fingerprint density at radius 2 is 0.833 bits per heavy atom. The van der Waals surface area contributed by atoms with Crippen LogP contribution in [0.4, 0.5) is 0 Å². The van der Waals surface area contributed by atoms with Crippen molar-refractivity contribution in [2.75, 3.05) is 0 Å². The Morgan fingerprint density at radius 3 is 1.00 bits per heavy atom. The van der Waals surface area contributed by atoms with E-state index in [2.05, 4.69) is 62.8 Å². The minimum atomic E-state index is 0.00593. The van der Waals surface area contributed by atoms with Crippen molar-refractivity contribution < 1.29 is 0 Å². The molecule has 0 aliphatic carbocycles. The summed E-state index contributed by atoms with van der Waals surface area (Å²) in [5, 5.41) is 1.75. The Morgan fingerprint density at radius 1 is 0.611 bits per heavy atom. The smallest absolute Gasteiger partial charge is 0.0854 e. The van der Waals surface area contributed by atoms with Gasteiger partial charge in [-0.3, -0.25) is 0 Å². The Hall–Kier alpha value is 0.319. The maximum Gasteiger partial charge on any atom is 0.141 e. The lowest BCUT2D eigenvalue weighted by Gasteiger charge is -2.32. The fourth-order valence-electron chi connectivity index (χ4n) is 2.71. The van der Waals surface area contributed by atoms with Gasteiger partial charge in [-0.05, 0) is 0 Å². The first-order valence-electron chi connectivity index (χ1n) is 6.38. The lowest BCUT2D eigenvalue weighted by atomic mass is 9.36. The highest BCUT2D eigenvalue weighted by molar-refractivity contribution is 6.65. The first kappa shape index (κ1) is 16.4. The normalized spacial score (nSPS) is 12.6. The molecule has 0 aliphatic heterocycles. The van der Waals surface area contributed by atoms with Gasteiger partial charge in [-0.25, -0.2) is 0 Å². The molecule has 0 heterocycles. The van der Waals surface area contributed by atoms with Crippen LogP contribution in [0.1, 0.15) is 11.1 Å². The van der Waals surface area contributed by atoms with Gasteiger partial charge in [0, 0.05) is 10.0 Å². The minimum Gasteiger partial charge on any atom is -0.0854 e. The summed E-state index contributed by atoms with van der Waals surface area (Å²) in [6, 6.07) is 0. The zero-order valence-corrected chi connectivity index (χ0v) is 14.3. The van der Waals surface area contributed by atoms with Gasteiger partial charge in [-0.15, -0.1) is 0 Å². The van der Waals surface area contributed by atoms with Gasteiger partial charge < -0.3 is 0 Å². The van der Waals surface area contributed by atoms with Crippen molar-refractivity contribution in [3.05, 3.63) is 21.2 Å². The van der Waals surface area contributed by atoms with Crippen LogP contribution in [0.3, 0.4) is 0 Å². The molecule has 0 unspecified atom stereocenters. The second-order valence-electron chi connectivity index (χ2n) is 7.13. The van der Waals surface area contributed by atoms with Crippen LogP contribution in [-0.2, 0) is 10.2 Å². The molecule has 0 fully saturated rings. The van der Waals surface area contributed by atoms with E-state index < -0.39 is 0 Å². The van der Waals surface area contributed by atoms with Crippen LogP contribution in [-0.4, -0.2) is 62.8 Å². The Kier molecular flexibility index (Phi) is 4.56. The number of benzene rings is 1. The molecule has 1 rings (SSSR count). The summed E-state index contributed by atoms with van der Waals surface area (Å²) in [6.07, 6.45) is 0. The molecule has 0 atom stereocenters. The van der Waals surface area contributed by atoms with E-state index in [4.69, 9.17) is 23.2 Å². The molecule has 0 aromatic heterocycles. The van der Waals surface area contributed by atoms with Crippen molar-refractivity contribution in [3.8, 4) is 0 Å². The molecule has 0 N–H and O–H groups in total. The van der Waals surface area contributed by atoms with Gasteiger partial charge in [0.05, 0.1) is 47.1 Å². The van der Waals surface area contributed by atoms with Gasteiger partial charge in [0.25, 0.3) is 0 Å². The van der Waals surface area contributed by atoms with Crippen LogP contribution in [0.5, 0.6) is 0 Å². The lowest BCUT2D eigenvalue weighted by molar-refractivity contribution is 1.22. The standard InChI is InChI=1S/C8H16B8Cl2/c9-3-1(7(11,12)13)5(17)4(10)2(6(3)18)8(14,15)16/h9-16H2. The monoisotopic (exact) mass is 270 g/mol. The molecule has 18 heavy (non-hydrogen) atoms. The Bertz CT molecular complexity index is 413. The summed E-state index contributed by atoms with van der Waals surface area (Å²) in [7, 11) is 17.2. The molecule has 0 saturated heterocycles. The highest BCUT2D eigenvalue weighted by Gasteiger charge is 2.28. The molecular weight excluding hydrogens is 253 g/mol. The molecule has 1 aromatic carbocycles. The zero-order valence-electron chi connectivity index (χ0n) is 12.8. The quantitative estimate of drug-likeness (QED) is 0.469. The van der Waals surface area contributed by atoms with E-state index in [1.54, 1.807) is 0 Å². The summed E-state index contributed by atoms with van der Waals surface area (Å²) >= 11 is 13.2. The van der Waals surface area contributed by atoms with Gasteiger partial charge in [-0.2, -0.15) is 0 Å². The fraction of sp³-hybridized carbons (Fsp3) is 0.250. The highest BCUT2D eigenvalue weighted by Crippen LogP contribution is 2.28. The first-order valence-corrected chi connectivity index (χ1v) is 7.13. The number of hydrogen-bond donors (Lipinski definition) is 0. The second kappa shape index (κ2) is 5.02. The topological polar surface area (TPSA) is 0 Å². The van der Waals surface area contributed by atoms with Gasteiger partial charge in [-0.1, -0.05) is 55.5 Å². The predicted octanol–water partition coefficient (Wildman–Crippen LogP) is -6.47. The second-order valence-corrected chi connectivity index (χ2v) is 7.88. The Balaban J connectivity index is 3.79. The predicted molar refractivity (Wildman–Crippen MR) is 107 cm³/mol. The van der Waals surface area contributed by atoms with Crippen LogP contribution in [0.25, 0.3) is 0 Å². The molecule has 0 saturated carbocycles. The van der Waals surface area contributed by atoms with Crippen LogP contribution < -0.4 is 10.9 Å². The third-order valence-electron chi connectivity index (χ3n) is 3.35. The average molecular weight is 270 g/mol. The first-order chi connectivity index (χ1) is 7.89. The van der Waals surface area contributed by atoms with Gasteiger partial charge >= 0.3 is 0 Å².